The fraction of sp³-hybridized carbons (Fsp3) is 0.654. The smallest absolute Gasteiger partial charge is 0.493 e. The van der Waals surface area contributed by atoms with Crippen LogP contribution in [0.1, 0.15) is 231 Å². The van der Waals surface area contributed by atoms with Crippen molar-refractivity contribution in [3.05, 3.63) is 101 Å². The Morgan fingerprint density at radius 3 is 1.11 bits per heavy atom. The zero-order chi connectivity index (χ0) is 39.7. The molecule has 0 aromatic heterocycles. The van der Waals surface area contributed by atoms with Crippen LogP contribution in [0.3, 0.4) is 0 Å². The Bertz CT molecular complexity index is 1260. The Hall–Kier alpha value is -1.82. The van der Waals surface area contributed by atoms with E-state index in [-0.39, 0.29) is 20.4 Å². The number of rotatable bonds is 28. The van der Waals surface area contributed by atoms with Gasteiger partial charge in [-0.05, 0) is 73.9 Å². The molecule has 1 heterocycles. The molecule has 0 radical (unpaired) electrons. The summed E-state index contributed by atoms with van der Waals surface area (Å²) in [5.74, 6) is 0. The monoisotopic (exact) mass is 845 g/mol. The van der Waals surface area contributed by atoms with Crippen LogP contribution in [0.4, 0.5) is 0 Å². The second-order valence-corrected chi connectivity index (χ2v) is 15.6. The molecule has 2 nitrogen and oxygen atoms in total. The van der Waals surface area contributed by atoms with Crippen molar-refractivity contribution in [3.63, 3.8) is 0 Å². The van der Waals surface area contributed by atoms with Crippen molar-refractivity contribution in [1.29, 1.82) is 0 Å². The molecule has 1 aliphatic heterocycles. The van der Waals surface area contributed by atoms with E-state index in [4.69, 9.17) is 0 Å². The predicted octanol–water partition coefficient (Wildman–Crippen LogP) is 17.8. The minimum absolute atomic E-state index is 0. The van der Waals surface area contributed by atoms with Gasteiger partial charge in [-0.1, -0.05) is 194 Å². The van der Waals surface area contributed by atoms with Gasteiger partial charge >= 0.3 is 20.4 Å². The maximum Gasteiger partial charge on any atom is 2.00 e. The molecule has 3 rings (SSSR count). The molecular weight excluding hydrogens is 759 g/mol. The summed E-state index contributed by atoms with van der Waals surface area (Å²) in [7, 11) is 0. The molecule has 0 unspecified atom stereocenters. The quantitative estimate of drug-likeness (QED) is 0.0353. The third-order valence-corrected chi connectivity index (χ3v) is 10.8. The number of benzene rings is 2. The molecule has 0 fully saturated rings. The summed E-state index contributed by atoms with van der Waals surface area (Å²) in [6.07, 6.45) is 35.9. The second-order valence-electron chi connectivity index (χ2n) is 15.6. The van der Waals surface area contributed by atoms with Crippen LogP contribution in [-0.2, 0) is 33.3 Å². The van der Waals surface area contributed by atoms with Crippen molar-refractivity contribution >= 4 is 11.4 Å². The number of hydrogen-bond acceptors (Lipinski definition) is 0. The standard InChI is InChI=1S/C32H44N2.2C10H21.Pd/c1-5-9-11-12-13-14-22-30-29(21-10-6-2)31(27-19-15-17-25(7-3)23-27)34(33)32(30)28-20-16-18-26(8-4)24-28;2*1-3-5-7-9-10-8-6-4-2;/h15-20,23-24H,5-14,21-22H2,1-4H3;2*1,3-10H2,2H3;/q;2*-1;+2. The molecule has 2 aromatic rings. The zero-order valence-corrected chi connectivity index (χ0v) is 38.6. The molecule has 3 heteroatoms. The Morgan fingerprint density at radius 1 is 0.436 bits per heavy atom. The number of nitrogens with zero attached hydrogens (tertiary/aromatic N) is 2. The molecule has 0 aliphatic carbocycles. The van der Waals surface area contributed by atoms with E-state index in [0.29, 0.717) is 0 Å². The van der Waals surface area contributed by atoms with Gasteiger partial charge in [-0.25, -0.2) is 4.70 Å². The minimum Gasteiger partial charge on any atom is -0.493 e. The summed E-state index contributed by atoms with van der Waals surface area (Å²) in [5, 5.41) is 0. The number of unbranched alkanes of at least 4 members (excludes halogenated alkanes) is 20. The number of aryl methyl sites for hydroxylation is 2. The van der Waals surface area contributed by atoms with Crippen molar-refractivity contribution in [3.8, 4) is 0 Å². The average Bonchev–Trinajstić information content (AvgIpc) is 3.48. The van der Waals surface area contributed by atoms with E-state index in [1.54, 1.807) is 0 Å². The molecule has 0 saturated carbocycles. The topological polar surface area (TPSA) is 25.3 Å². The van der Waals surface area contributed by atoms with Crippen LogP contribution in [0.2, 0.25) is 0 Å². The third kappa shape index (κ3) is 22.6. The molecule has 0 amide bonds. The zero-order valence-electron chi connectivity index (χ0n) is 37.0. The van der Waals surface area contributed by atoms with Gasteiger partial charge in [0.1, 0.15) is 0 Å². The van der Waals surface area contributed by atoms with E-state index in [1.807, 2.05) is 0 Å². The van der Waals surface area contributed by atoms with E-state index in [9.17, 15) is 5.53 Å². The van der Waals surface area contributed by atoms with Crippen molar-refractivity contribution < 1.29 is 25.1 Å². The molecule has 2 aromatic carbocycles. The van der Waals surface area contributed by atoms with Crippen LogP contribution in [0, 0.1) is 13.8 Å². The molecule has 314 valence electrons. The SMILES string of the molecule is CCCCCCCCC1=C(c2cccc(CC)c2)[N+](=[N-])C(c2cccc(CC)c2)=C1CCCC.[CH2-]CCCCCCCCC.[CH2-]CCCCCCCCC.[Pd+2]. The van der Waals surface area contributed by atoms with E-state index in [0.717, 1.165) is 73.9 Å². The van der Waals surface area contributed by atoms with Gasteiger partial charge in [0.15, 0.2) is 0 Å². The Balaban J connectivity index is 0.00000114. The summed E-state index contributed by atoms with van der Waals surface area (Å²) in [6.45, 7) is 21.1. The van der Waals surface area contributed by atoms with Gasteiger partial charge in [0.05, 0.1) is 0 Å². The van der Waals surface area contributed by atoms with Gasteiger partial charge in [0.2, 0.25) is 11.4 Å². The van der Waals surface area contributed by atoms with Gasteiger partial charge in [-0.15, -0.1) is 0 Å². The van der Waals surface area contributed by atoms with Crippen LogP contribution in [0.25, 0.3) is 16.9 Å². The molecule has 0 N–H and O–H groups in total. The number of hydrogen-bond donors (Lipinski definition) is 0. The van der Waals surface area contributed by atoms with Gasteiger partial charge in [-0.2, -0.15) is 12.8 Å². The summed E-state index contributed by atoms with van der Waals surface area (Å²) >= 11 is 0. The van der Waals surface area contributed by atoms with Crippen LogP contribution < -0.4 is 0 Å². The Morgan fingerprint density at radius 2 is 0.764 bits per heavy atom. The van der Waals surface area contributed by atoms with E-state index >= 15 is 0 Å². The molecular formula is C52H86N2Pd. The van der Waals surface area contributed by atoms with E-state index in [2.05, 4.69) is 104 Å². The summed E-state index contributed by atoms with van der Waals surface area (Å²) < 4.78 is 1.53. The fourth-order valence-electron chi connectivity index (χ4n) is 7.37. The molecule has 0 atom stereocenters. The summed E-state index contributed by atoms with van der Waals surface area (Å²) in [5.41, 5.74) is 21.3. The maximum absolute atomic E-state index is 11.7. The normalized spacial score (nSPS) is 12.3. The molecule has 0 bridgehead atoms. The van der Waals surface area contributed by atoms with Gasteiger partial charge in [0, 0.05) is 22.3 Å². The van der Waals surface area contributed by atoms with E-state index < -0.39 is 0 Å². The first-order chi connectivity index (χ1) is 26.5. The summed E-state index contributed by atoms with van der Waals surface area (Å²) in [4.78, 5) is 0. The van der Waals surface area contributed by atoms with Crippen molar-refractivity contribution in [1.82, 2.24) is 0 Å². The molecule has 0 spiro atoms. The van der Waals surface area contributed by atoms with Crippen LogP contribution in [0.15, 0.2) is 59.7 Å². The van der Waals surface area contributed by atoms with Crippen LogP contribution in [-0.4, -0.2) is 4.70 Å². The van der Waals surface area contributed by atoms with Crippen molar-refractivity contribution in [2.45, 2.75) is 221 Å². The number of allylic oxidation sites excluding steroid dienone is 2. The first kappa shape index (κ1) is 53.2. The largest absolute Gasteiger partial charge is 2.00 e. The van der Waals surface area contributed by atoms with Gasteiger partial charge < -0.3 is 19.4 Å². The van der Waals surface area contributed by atoms with Crippen LogP contribution in [0.5, 0.6) is 0 Å². The first-order valence-corrected chi connectivity index (χ1v) is 23.2. The van der Waals surface area contributed by atoms with Crippen molar-refractivity contribution in [2.75, 3.05) is 0 Å². The Kier molecular flexibility index (Phi) is 35.3. The maximum atomic E-state index is 11.7. The Labute approximate surface area is 357 Å². The average molecular weight is 846 g/mol. The van der Waals surface area contributed by atoms with Gasteiger partial charge in [0.25, 0.3) is 0 Å². The van der Waals surface area contributed by atoms with Crippen LogP contribution >= 0.6 is 0 Å². The minimum atomic E-state index is 0. The fourth-order valence-corrected chi connectivity index (χ4v) is 7.37. The molecule has 55 heavy (non-hydrogen) atoms. The molecule has 1 aliphatic rings. The van der Waals surface area contributed by atoms with E-state index in [1.165, 1.54) is 155 Å². The molecule has 0 saturated heterocycles. The predicted molar refractivity (Wildman–Crippen MR) is 243 cm³/mol. The second kappa shape index (κ2) is 36.5. The summed E-state index contributed by atoms with van der Waals surface area (Å²) in [6, 6.07) is 17.5. The first-order valence-electron chi connectivity index (χ1n) is 23.2. The van der Waals surface area contributed by atoms with Gasteiger partial charge in [-0.3, -0.25) is 0 Å². The van der Waals surface area contributed by atoms with Crippen molar-refractivity contribution in [2.24, 2.45) is 0 Å². The third-order valence-electron chi connectivity index (χ3n) is 10.8.